The Morgan fingerprint density at radius 2 is 1.70 bits per heavy atom. The number of rotatable bonds is 4. The minimum atomic E-state index is -1.18. The zero-order valence-electron chi connectivity index (χ0n) is 12.3. The molecule has 20 heavy (non-hydrogen) atoms. The molecule has 0 aromatic heterocycles. The SMILES string of the molecule is C=C(C(=O)O)C(OC(C)=O)c1ccc(C(C)(C)C)cc1. The van der Waals surface area contributed by atoms with Crippen LogP contribution in [0.3, 0.4) is 0 Å². The number of aliphatic carboxylic acids is 1. The molecule has 0 heterocycles. The Labute approximate surface area is 119 Å². The fourth-order valence-electron chi connectivity index (χ4n) is 1.78. The van der Waals surface area contributed by atoms with Crippen LogP contribution in [0.4, 0.5) is 0 Å². The average molecular weight is 276 g/mol. The molecular formula is C16H20O4. The molecule has 1 aromatic rings. The first-order chi connectivity index (χ1) is 9.12. The fraction of sp³-hybridized carbons (Fsp3) is 0.375. The summed E-state index contributed by atoms with van der Waals surface area (Å²) in [4.78, 5) is 22.2. The monoisotopic (exact) mass is 276 g/mol. The molecule has 1 rings (SSSR count). The lowest BCUT2D eigenvalue weighted by molar-refractivity contribution is -0.146. The van der Waals surface area contributed by atoms with Crippen LogP contribution >= 0.6 is 0 Å². The Bertz CT molecular complexity index is 520. The molecular weight excluding hydrogens is 256 g/mol. The molecule has 0 aliphatic rings. The molecule has 0 bridgehead atoms. The lowest BCUT2D eigenvalue weighted by Gasteiger charge is -2.21. The summed E-state index contributed by atoms with van der Waals surface area (Å²) < 4.78 is 5.07. The molecule has 4 heteroatoms. The first-order valence-electron chi connectivity index (χ1n) is 6.32. The van der Waals surface area contributed by atoms with E-state index in [1.165, 1.54) is 6.92 Å². The van der Waals surface area contributed by atoms with Crippen LogP contribution in [0.1, 0.15) is 44.9 Å². The van der Waals surface area contributed by atoms with Crippen LogP contribution in [0.15, 0.2) is 36.4 Å². The Morgan fingerprint density at radius 3 is 2.05 bits per heavy atom. The van der Waals surface area contributed by atoms with Crippen LogP contribution < -0.4 is 0 Å². The number of carbonyl (C=O) groups excluding carboxylic acids is 1. The third kappa shape index (κ3) is 3.95. The number of esters is 1. The van der Waals surface area contributed by atoms with Crippen LogP contribution in [-0.2, 0) is 19.7 Å². The van der Waals surface area contributed by atoms with Crippen molar-refractivity contribution >= 4 is 11.9 Å². The van der Waals surface area contributed by atoms with Gasteiger partial charge in [0.05, 0.1) is 5.57 Å². The van der Waals surface area contributed by atoms with Crippen molar-refractivity contribution in [3.05, 3.63) is 47.5 Å². The van der Waals surface area contributed by atoms with Gasteiger partial charge in [-0.3, -0.25) is 4.79 Å². The van der Waals surface area contributed by atoms with Crippen molar-refractivity contribution in [2.24, 2.45) is 0 Å². The quantitative estimate of drug-likeness (QED) is 0.677. The molecule has 108 valence electrons. The Balaban J connectivity index is 3.12. The van der Waals surface area contributed by atoms with Crippen LogP contribution in [0.2, 0.25) is 0 Å². The Morgan fingerprint density at radius 1 is 1.20 bits per heavy atom. The summed E-state index contributed by atoms with van der Waals surface area (Å²) in [6.07, 6.45) is -0.959. The molecule has 0 spiro atoms. The highest BCUT2D eigenvalue weighted by Crippen LogP contribution is 2.28. The molecule has 0 radical (unpaired) electrons. The van der Waals surface area contributed by atoms with Gasteiger partial charge in [-0.15, -0.1) is 0 Å². The summed E-state index contributed by atoms with van der Waals surface area (Å²) in [5.74, 6) is -1.73. The van der Waals surface area contributed by atoms with Gasteiger partial charge in [0.25, 0.3) is 0 Å². The highest BCUT2D eigenvalue weighted by molar-refractivity contribution is 5.87. The predicted octanol–water partition coefficient (Wildman–Crippen LogP) is 3.23. The number of hydrogen-bond donors (Lipinski definition) is 1. The molecule has 1 atom stereocenters. The zero-order valence-corrected chi connectivity index (χ0v) is 12.3. The van der Waals surface area contributed by atoms with Gasteiger partial charge in [-0.05, 0) is 16.5 Å². The van der Waals surface area contributed by atoms with E-state index in [-0.39, 0.29) is 11.0 Å². The standard InChI is InChI=1S/C16H20O4/c1-10(15(18)19)14(20-11(2)17)12-6-8-13(9-7-12)16(3,4)5/h6-9,14H,1H2,2-5H3,(H,18,19). The zero-order chi connectivity index (χ0) is 15.5. The summed E-state index contributed by atoms with van der Waals surface area (Å²) >= 11 is 0. The van der Waals surface area contributed by atoms with Crippen molar-refractivity contribution in [2.45, 2.75) is 39.2 Å². The van der Waals surface area contributed by atoms with E-state index in [2.05, 4.69) is 27.4 Å². The smallest absolute Gasteiger partial charge is 0.335 e. The number of carboxylic acid groups (broad SMARTS) is 1. The van der Waals surface area contributed by atoms with E-state index < -0.39 is 18.0 Å². The molecule has 0 fully saturated rings. The molecule has 0 amide bonds. The van der Waals surface area contributed by atoms with Crippen LogP contribution in [0, 0.1) is 0 Å². The van der Waals surface area contributed by atoms with E-state index in [0.717, 1.165) is 5.56 Å². The third-order valence-electron chi connectivity index (χ3n) is 2.95. The van der Waals surface area contributed by atoms with Gasteiger partial charge in [-0.25, -0.2) is 4.79 Å². The Kier molecular flexibility index (Phi) is 4.71. The van der Waals surface area contributed by atoms with Crippen molar-refractivity contribution in [2.75, 3.05) is 0 Å². The lowest BCUT2D eigenvalue weighted by atomic mass is 9.86. The normalized spacial score (nSPS) is 12.6. The topological polar surface area (TPSA) is 63.6 Å². The summed E-state index contributed by atoms with van der Waals surface area (Å²) in [5.41, 5.74) is 1.55. The fourth-order valence-corrected chi connectivity index (χ4v) is 1.78. The number of ether oxygens (including phenoxy) is 1. The number of hydrogen-bond acceptors (Lipinski definition) is 3. The molecule has 4 nitrogen and oxygen atoms in total. The molecule has 1 N–H and O–H groups in total. The van der Waals surface area contributed by atoms with Crippen molar-refractivity contribution in [3.8, 4) is 0 Å². The van der Waals surface area contributed by atoms with Gasteiger partial charge < -0.3 is 9.84 Å². The first kappa shape index (κ1) is 16.0. The second kappa shape index (κ2) is 5.90. The van der Waals surface area contributed by atoms with Gasteiger partial charge in [0.2, 0.25) is 0 Å². The highest BCUT2D eigenvalue weighted by atomic mass is 16.5. The third-order valence-corrected chi connectivity index (χ3v) is 2.95. The summed E-state index contributed by atoms with van der Waals surface area (Å²) in [6.45, 7) is 11.0. The van der Waals surface area contributed by atoms with Crippen LogP contribution in [0.5, 0.6) is 0 Å². The molecule has 1 aromatic carbocycles. The minimum absolute atomic E-state index is 0.000728. The highest BCUT2D eigenvalue weighted by Gasteiger charge is 2.24. The van der Waals surface area contributed by atoms with E-state index in [4.69, 9.17) is 9.84 Å². The maximum Gasteiger partial charge on any atom is 0.335 e. The molecule has 0 saturated carbocycles. The van der Waals surface area contributed by atoms with E-state index in [1.807, 2.05) is 12.1 Å². The molecule has 1 unspecified atom stereocenters. The van der Waals surface area contributed by atoms with Gasteiger partial charge >= 0.3 is 11.9 Å². The average Bonchev–Trinajstić information content (AvgIpc) is 2.34. The number of carboxylic acids is 1. The second-order valence-corrected chi connectivity index (χ2v) is 5.69. The van der Waals surface area contributed by atoms with Gasteiger partial charge in [0, 0.05) is 6.92 Å². The maximum absolute atomic E-state index is 11.1. The van der Waals surface area contributed by atoms with E-state index >= 15 is 0 Å². The second-order valence-electron chi connectivity index (χ2n) is 5.69. The molecule has 0 aliphatic carbocycles. The van der Waals surface area contributed by atoms with Crippen molar-refractivity contribution < 1.29 is 19.4 Å². The van der Waals surface area contributed by atoms with Crippen molar-refractivity contribution in [1.82, 2.24) is 0 Å². The number of benzene rings is 1. The summed E-state index contributed by atoms with van der Waals surface area (Å²) in [7, 11) is 0. The van der Waals surface area contributed by atoms with Crippen LogP contribution in [0.25, 0.3) is 0 Å². The van der Waals surface area contributed by atoms with Gasteiger partial charge in [-0.2, -0.15) is 0 Å². The first-order valence-corrected chi connectivity index (χ1v) is 6.32. The van der Waals surface area contributed by atoms with Crippen LogP contribution in [-0.4, -0.2) is 17.0 Å². The Hall–Kier alpha value is -2.10. The van der Waals surface area contributed by atoms with E-state index in [0.29, 0.717) is 5.56 Å². The van der Waals surface area contributed by atoms with Gasteiger partial charge in [-0.1, -0.05) is 51.6 Å². The largest absolute Gasteiger partial charge is 0.478 e. The lowest BCUT2D eigenvalue weighted by Crippen LogP contribution is -2.17. The van der Waals surface area contributed by atoms with Crippen molar-refractivity contribution in [1.29, 1.82) is 0 Å². The van der Waals surface area contributed by atoms with Crippen molar-refractivity contribution in [3.63, 3.8) is 0 Å². The number of carbonyl (C=O) groups is 2. The van der Waals surface area contributed by atoms with E-state index in [1.54, 1.807) is 12.1 Å². The van der Waals surface area contributed by atoms with Gasteiger partial charge in [0.1, 0.15) is 0 Å². The van der Waals surface area contributed by atoms with E-state index in [9.17, 15) is 9.59 Å². The van der Waals surface area contributed by atoms with Gasteiger partial charge in [0.15, 0.2) is 6.10 Å². The predicted molar refractivity (Wildman–Crippen MR) is 76.4 cm³/mol. The summed E-state index contributed by atoms with van der Waals surface area (Å²) in [6, 6.07) is 7.34. The molecule has 0 saturated heterocycles. The minimum Gasteiger partial charge on any atom is -0.478 e. The maximum atomic E-state index is 11.1. The molecule has 0 aliphatic heterocycles. The summed E-state index contributed by atoms with van der Waals surface area (Å²) in [5, 5.41) is 9.02.